The molecule has 1 amide bonds. The Kier molecular flexibility index (Phi) is 7.02. The predicted molar refractivity (Wildman–Crippen MR) is 90.4 cm³/mol. The summed E-state index contributed by atoms with van der Waals surface area (Å²) in [7, 11) is 0. The average molecular weight is 360 g/mol. The van der Waals surface area contributed by atoms with Crippen molar-refractivity contribution in [3.63, 3.8) is 0 Å². The Morgan fingerprint density at radius 2 is 2.27 bits per heavy atom. The molecule has 0 bridgehead atoms. The Balaban J connectivity index is 1.58. The van der Waals surface area contributed by atoms with Crippen molar-refractivity contribution in [3.05, 3.63) is 51.4 Å². The molecule has 0 aliphatic rings. The molecule has 0 fully saturated rings. The van der Waals surface area contributed by atoms with E-state index in [0.717, 1.165) is 11.5 Å². The van der Waals surface area contributed by atoms with E-state index in [0.29, 0.717) is 12.3 Å². The topological polar surface area (TPSA) is 38.3 Å². The van der Waals surface area contributed by atoms with E-state index in [9.17, 15) is 9.18 Å². The molecule has 0 spiro atoms. The van der Waals surface area contributed by atoms with Gasteiger partial charge in [0.2, 0.25) is 0 Å². The zero-order valence-electron chi connectivity index (χ0n) is 11.7. The fourth-order valence-corrected chi connectivity index (χ4v) is 3.47. The lowest BCUT2D eigenvalue weighted by molar-refractivity contribution is -0.122. The summed E-state index contributed by atoms with van der Waals surface area (Å²) in [5, 5.41) is 4.80. The van der Waals surface area contributed by atoms with Gasteiger partial charge in [0.05, 0.1) is 5.02 Å². The van der Waals surface area contributed by atoms with Gasteiger partial charge in [-0.1, -0.05) is 17.7 Å². The number of hydrogen-bond donors (Lipinski definition) is 1. The highest BCUT2D eigenvalue weighted by Gasteiger charge is 2.05. The summed E-state index contributed by atoms with van der Waals surface area (Å²) in [5.41, 5.74) is 0. The van der Waals surface area contributed by atoms with Gasteiger partial charge in [0.1, 0.15) is 11.6 Å². The first-order valence-corrected chi connectivity index (χ1v) is 9.01. The minimum absolute atomic E-state index is 0.0251. The van der Waals surface area contributed by atoms with E-state index >= 15 is 0 Å². The number of carbonyl (C=O) groups excluding carboxylic acids is 1. The van der Waals surface area contributed by atoms with Crippen LogP contribution in [-0.4, -0.2) is 24.8 Å². The molecule has 2 rings (SSSR count). The van der Waals surface area contributed by atoms with Gasteiger partial charge in [-0.3, -0.25) is 4.79 Å². The van der Waals surface area contributed by atoms with E-state index in [1.54, 1.807) is 23.1 Å². The second kappa shape index (κ2) is 9.02. The molecule has 0 aliphatic heterocycles. The number of benzene rings is 1. The first-order valence-electron chi connectivity index (χ1n) is 6.60. The second-order valence-electron chi connectivity index (χ2n) is 4.35. The number of halogens is 2. The highest BCUT2D eigenvalue weighted by Crippen LogP contribution is 2.21. The van der Waals surface area contributed by atoms with Gasteiger partial charge >= 0.3 is 0 Å². The van der Waals surface area contributed by atoms with Crippen molar-refractivity contribution < 1.29 is 13.9 Å². The fraction of sp³-hybridized carbons (Fsp3) is 0.267. The summed E-state index contributed by atoms with van der Waals surface area (Å²) < 4.78 is 18.2. The molecule has 1 aromatic heterocycles. The standard InChI is InChI=1S/C15H15ClFNO2S2/c16-13-8-11(3-4-14(13)17)20-9-15(19)18-5-7-21-10-12-2-1-6-22-12/h1-4,6,8H,5,7,9-10H2,(H,18,19). The van der Waals surface area contributed by atoms with E-state index in [1.807, 2.05) is 6.07 Å². The number of hydrogen-bond acceptors (Lipinski definition) is 4. The van der Waals surface area contributed by atoms with Crippen LogP contribution in [-0.2, 0) is 10.5 Å². The van der Waals surface area contributed by atoms with Crippen molar-refractivity contribution in [2.24, 2.45) is 0 Å². The van der Waals surface area contributed by atoms with Crippen LogP contribution < -0.4 is 10.1 Å². The third kappa shape index (κ3) is 5.87. The molecule has 22 heavy (non-hydrogen) atoms. The molecule has 3 nitrogen and oxygen atoms in total. The fourth-order valence-electron chi connectivity index (χ4n) is 1.60. The van der Waals surface area contributed by atoms with Crippen LogP contribution in [0.5, 0.6) is 5.75 Å². The quantitative estimate of drug-likeness (QED) is 0.725. The minimum atomic E-state index is -0.513. The van der Waals surface area contributed by atoms with Crippen molar-refractivity contribution >= 4 is 40.6 Å². The zero-order chi connectivity index (χ0) is 15.8. The molecule has 0 radical (unpaired) electrons. The summed E-state index contributed by atoms with van der Waals surface area (Å²) in [6, 6.07) is 8.11. The molecule has 0 unspecified atom stereocenters. The van der Waals surface area contributed by atoms with E-state index in [-0.39, 0.29) is 17.5 Å². The summed E-state index contributed by atoms with van der Waals surface area (Å²) in [6.07, 6.45) is 0. The minimum Gasteiger partial charge on any atom is -0.484 e. The van der Waals surface area contributed by atoms with E-state index in [1.165, 1.54) is 23.1 Å². The summed E-state index contributed by atoms with van der Waals surface area (Å²) in [6.45, 7) is 0.472. The van der Waals surface area contributed by atoms with Gasteiger partial charge in [-0.25, -0.2) is 4.39 Å². The Labute approximate surface area is 141 Å². The van der Waals surface area contributed by atoms with Crippen molar-refractivity contribution in [1.29, 1.82) is 0 Å². The van der Waals surface area contributed by atoms with Crippen molar-refractivity contribution in [3.8, 4) is 5.75 Å². The van der Waals surface area contributed by atoms with Gasteiger partial charge in [0.25, 0.3) is 5.91 Å². The predicted octanol–water partition coefficient (Wildman–Crippen LogP) is 3.97. The number of nitrogens with one attached hydrogen (secondary N) is 1. The highest BCUT2D eigenvalue weighted by molar-refractivity contribution is 7.98. The Bertz CT molecular complexity index is 608. The van der Waals surface area contributed by atoms with Crippen LogP contribution in [0, 0.1) is 5.82 Å². The number of thioether (sulfide) groups is 1. The van der Waals surface area contributed by atoms with E-state index in [4.69, 9.17) is 16.3 Å². The van der Waals surface area contributed by atoms with Crippen LogP contribution in [0.3, 0.4) is 0 Å². The zero-order valence-corrected chi connectivity index (χ0v) is 14.1. The van der Waals surface area contributed by atoms with Gasteiger partial charge in [-0.05, 0) is 23.6 Å². The molecule has 1 N–H and O–H groups in total. The largest absolute Gasteiger partial charge is 0.484 e. The first kappa shape index (κ1) is 17.1. The average Bonchev–Trinajstić information content (AvgIpc) is 3.01. The maximum Gasteiger partial charge on any atom is 0.257 e. The second-order valence-corrected chi connectivity index (χ2v) is 6.89. The van der Waals surface area contributed by atoms with E-state index < -0.39 is 5.82 Å². The lowest BCUT2D eigenvalue weighted by atomic mass is 10.3. The monoisotopic (exact) mass is 359 g/mol. The Hall–Kier alpha value is -1.24. The first-order chi connectivity index (χ1) is 10.6. The number of thiophene rings is 1. The molecular weight excluding hydrogens is 345 g/mol. The van der Waals surface area contributed by atoms with Gasteiger partial charge in [-0.2, -0.15) is 11.8 Å². The van der Waals surface area contributed by atoms with Crippen LogP contribution in [0.1, 0.15) is 4.88 Å². The number of rotatable bonds is 8. The summed E-state index contributed by atoms with van der Waals surface area (Å²) >= 11 is 9.13. The Morgan fingerprint density at radius 1 is 1.41 bits per heavy atom. The van der Waals surface area contributed by atoms with Crippen LogP contribution >= 0.6 is 34.7 Å². The smallest absolute Gasteiger partial charge is 0.257 e. The third-order valence-corrected chi connectivity index (χ3v) is 5.01. The van der Waals surface area contributed by atoms with Crippen molar-refractivity contribution in [1.82, 2.24) is 5.32 Å². The molecule has 0 aliphatic carbocycles. The van der Waals surface area contributed by atoms with E-state index in [2.05, 4.69) is 16.8 Å². The summed E-state index contributed by atoms with van der Waals surface area (Å²) in [5.74, 6) is 1.44. The SMILES string of the molecule is O=C(COc1ccc(F)c(Cl)c1)NCCSCc1cccs1. The van der Waals surface area contributed by atoms with Gasteiger partial charge < -0.3 is 10.1 Å². The molecule has 0 saturated heterocycles. The number of amides is 1. The van der Waals surface area contributed by atoms with Gasteiger partial charge in [-0.15, -0.1) is 11.3 Å². The molecule has 1 heterocycles. The number of carbonyl (C=O) groups is 1. The molecular formula is C15H15ClFNO2S2. The molecule has 1 aromatic carbocycles. The van der Waals surface area contributed by atoms with Gasteiger partial charge in [0, 0.05) is 29.0 Å². The highest BCUT2D eigenvalue weighted by atomic mass is 35.5. The maximum absolute atomic E-state index is 13.0. The third-order valence-electron chi connectivity index (χ3n) is 2.65. The number of ether oxygens (including phenoxy) is 1. The van der Waals surface area contributed by atoms with Crippen molar-refractivity contribution in [2.75, 3.05) is 18.9 Å². The van der Waals surface area contributed by atoms with Crippen LogP contribution in [0.2, 0.25) is 5.02 Å². The summed E-state index contributed by atoms with van der Waals surface area (Å²) in [4.78, 5) is 12.9. The normalized spacial score (nSPS) is 10.5. The van der Waals surface area contributed by atoms with Gasteiger partial charge in [0.15, 0.2) is 6.61 Å². The lowest BCUT2D eigenvalue weighted by Crippen LogP contribution is -2.30. The molecule has 7 heteroatoms. The van der Waals surface area contributed by atoms with Crippen LogP contribution in [0.25, 0.3) is 0 Å². The molecule has 2 aromatic rings. The van der Waals surface area contributed by atoms with Crippen LogP contribution in [0.15, 0.2) is 35.7 Å². The Morgan fingerprint density at radius 3 is 3.00 bits per heavy atom. The van der Waals surface area contributed by atoms with Crippen LogP contribution in [0.4, 0.5) is 4.39 Å². The maximum atomic E-state index is 13.0. The lowest BCUT2D eigenvalue weighted by Gasteiger charge is -2.08. The van der Waals surface area contributed by atoms with Crippen molar-refractivity contribution in [2.45, 2.75) is 5.75 Å². The molecule has 0 atom stereocenters. The molecule has 0 saturated carbocycles. The molecule has 118 valence electrons.